The van der Waals surface area contributed by atoms with Gasteiger partial charge in [-0.1, -0.05) is 26.2 Å². The first-order valence-electron chi connectivity index (χ1n) is 14.0. The minimum Gasteiger partial charge on any atom is -0.345 e. The number of nitrogens with zero attached hydrogens (tertiary/aromatic N) is 4. The van der Waals surface area contributed by atoms with Gasteiger partial charge in [0.2, 0.25) is 0 Å². The summed E-state index contributed by atoms with van der Waals surface area (Å²) in [4.78, 5) is 25.8. The number of unbranched alkanes of at least 4 members (excludes halogenated alkanes) is 3. The molecule has 0 spiro atoms. The molecular weight excluding hydrogens is 452 g/mol. The fraction of sp³-hybridized carbons (Fsp3) is 0.714. The van der Waals surface area contributed by atoms with Crippen LogP contribution < -0.4 is 19.8 Å². The maximum absolute atomic E-state index is 13.1. The highest BCUT2D eigenvalue weighted by molar-refractivity contribution is 5.89. The van der Waals surface area contributed by atoms with Gasteiger partial charge >= 0.3 is 23.5 Å². The van der Waals surface area contributed by atoms with Gasteiger partial charge in [-0.2, -0.15) is 0 Å². The summed E-state index contributed by atoms with van der Waals surface area (Å²) in [5.41, 5.74) is 0. The maximum atomic E-state index is 13.1. The first kappa shape index (κ1) is 27.9. The number of hydrogen-bond donors (Lipinski definition) is 2. The Morgan fingerprint density at radius 1 is 0.889 bits per heavy atom. The molecule has 2 heterocycles. The molecule has 1 aliphatic rings. The molecule has 1 unspecified atom stereocenters. The number of aromatic nitrogens is 4. The fourth-order valence-electron chi connectivity index (χ4n) is 5.48. The maximum Gasteiger partial charge on any atom is 0.347 e. The molecule has 1 aliphatic carbocycles. The van der Waals surface area contributed by atoms with Gasteiger partial charge in [0.05, 0.1) is 26.7 Å². The predicted molar refractivity (Wildman–Crippen MR) is 140 cm³/mol. The van der Waals surface area contributed by atoms with Crippen LogP contribution in [0.15, 0.2) is 24.8 Å². The molecule has 1 saturated carbocycles. The molecule has 36 heavy (non-hydrogen) atoms. The Bertz CT molecular complexity index is 986. The lowest BCUT2D eigenvalue weighted by molar-refractivity contribution is -0.673. The summed E-state index contributed by atoms with van der Waals surface area (Å²) in [6.45, 7) is 8.70. The van der Waals surface area contributed by atoms with Gasteiger partial charge < -0.3 is 10.6 Å². The summed E-state index contributed by atoms with van der Waals surface area (Å²) in [7, 11) is 3.86. The van der Waals surface area contributed by atoms with E-state index in [1.807, 2.05) is 59.5 Å². The van der Waals surface area contributed by atoms with E-state index in [0.717, 1.165) is 44.5 Å². The Morgan fingerprint density at radius 2 is 1.44 bits per heavy atom. The van der Waals surface area contributed by atoms with Gasteiger partial charge in [0, 0.05) is 13.1 Å². The molecule has 8 nitrogen and oxygen atoms in total. The van der Waals surface area contributed by atoms with Crippen LogP contribution in [0, 0.1) is 11.8 Å². The second kappa shape index (κ2) is 13.6. The third-order valence-corrected chi connectivity index (χ3v) is 7.87. The fourth-order valence-corrected chi connectivity index (χ4v) is 5.48. The Labute approximate surface area is 217 Å². The monoisotopic (exact) mass is 500 g/mol. The van der Waals surface area contributed by atoms with Crippen LogP contribution in [0.2, 0.25) is 0 Å². The molecule has 1 fully saturated rings. The van der Waals surface area contributed by atoms with Gasteiger partial charge in [-0.3, -0.25) is 9.59 Å². The van der Waals surface area contributed by atoms with Crippen LogP contribution in [0.1, 0.15) is 106 Å². The van der Waals surface area contributed by atoms with Crippen LogP contribution in [0.4, 0.5) is 0 Å². The molecule has 1 atom stereocenters. The molecule has 3 rings (SSSR count). The van der Waals surface area contributed by atoms with Crippen molar-refractivity contribution in [3.8, 4) is 0 Å². The van der Waals surface area contributed by atoms with Crippen molar-refractivity contribution >= 4 is 11.8 Å². The van der Waals surface area contributed by atoms with Crippen molar-refractivity contribution in [1.29, 1.82) is 0 Å². The van der Waals surface area contributed by atoms with E-state index in [4.69, 9.17) is 0 Å². The standard InChI is InChI=1S/C28H46N6O2/c1-6-8-9-10-11-22(3)34-19-17-32(5)28(34)26(36)30-21-24-14-12-23(13-15-24)20-29-25(35)27-31(4)16-18-33(27)7-2/h16-19,22-24H,6-15,20-21H2,1-5H3/p+2. The van der Waals surface area contributed by atoms with E-state index in [9.17, 15) is 9.59 Å². The third kappa shape index (κ3) is 7.20. The van der Waals surface area contributed by atoms with Crippen molar-refractivity contribution in [3.63, 3.8) is 0 Å². The summed E-state index contributed by atoms with van der Waals surface area (Å²) < 4.78 is 7.92. The molecule has 2 aromatic rings. The molecule has 200 valence electrons. The quantitative estimate of drug-likeness (QED) is 0.327. The van der Waals surface area contributed by atoms with Crippen LogP contribution in [0.3, 0.4) is 0 Å². The van der Waals surface area contributed by atoms with Gasteiger partial charge in [0.15, 0.2) is 0 Å². The number of amides is 2. The molecule has 2 aromatic heterocycles. The molecular formula is C28H48N6O2+2. The van der Waals surface area contributed by atoms with Gasteiger partial charge in [-0.25, -0.2) is 18.3 Å². The average Bonchev–Trinajstić information content (AvgIpc) is 3.46. The van der Waals surface area contributed by atoms with Crippen molar-refractivity contribution in [2.24, 2.45) is 25.9 Å². The number of hydrogen-bond acceptors (Lipinski definition) is 2. The number of aryl methyl sites for hydroxylation is 3. The Hall–Kier alpha value is -2.64. The number of imidazole rings is 2. The van der Waals surface area contributed by atoms with Gasteiger partial charge in [0.25, 0.3) is 0 Å². The van der Waals surface area contributed by atoms with E-state index >= 15 is 0 Å². The second-order valence-corrected chi connectivity index (χ2v) is 10.7. The molecule has 0 bridgehead atoms. The summed E-state index contributed by atoms with van der Waals surface area (Å²) in [6.07, 6.45) is 18.3. The summed E-state index contributed by atoms with van der Waals surface area (Å²) in [5.74, 6) is 2.44. The molecule has 2 amide bonds. The second-order valence-electron chi connectivity index (χ2n) is 10.7. The Morgan fingerprint density at radius 3 is 2.03 bits per heavy atom. The molecule has 0 radical (unpaired) electrons. The van der Waals surface area contributed by atoms with Crippen LogP contribution in [-0.2, 0) is 20.6 Å². The highest BCUT2D eigenvalue weighted by Gasteiger charge is 2.29. The van der Waals surface area contributed by atoms with Crippen molar-refractivity contribution in [1.82, 2.24) is 19.8 Å². The highest BCUT2D eigenvalue weighted by Crippen LogP contribution is 2.28. The lowest BCUT2D eigenvalue weighted by Gasteiger charge is -2.28. The number of nitrogens with one attached hydrogen (secondary N) is 2. The highest BCUT2D eigenvalue weighted by atomic mass is 16.2. The van der Waals surface area contributed by atoms with E-state index in [-0.39, 0.29) is 11.8 Å². The summed E-state index contributed by atoms with van der Waals surface area (Å²) in [6, 6.07) is 0.317. The largest absolute Gasteiger partial charge is 0.347 e. The van der Waals surface area contributed by atoms with E-state index in [1.54, 1.807) is 0 Å². The van der Waals surface area contributed by atoms with Crippen molar-refractivity contribution in [3.05, 3.63) is 36.4 Å². The van der Waals surface area contributed by atoms with E-state index in [1.165, 1.54) is 25.7 Å². The van der Waals surface area contributed by atoms with Crippen molar-refractivity contribution in [2.75, 3.05) is 13.1 Å². The lowest BCUT2D eigenvalue weighted by atomic mass is 9.82. The van der Waals surface area contributed by atoms with Gasteiger partial charge in [-0.05, 0) is 64.2 Å². The van der Waals surface area contributed by atoms with Crippen LogP contribution in [0.25, 0.3) is 0 Å². The third-order valence-electron chi connectivity index (χ3n) is 7.87. The summed E-state index contributed by atoms with van der Waals surface area (Å²) >= 11 is 0. The van der Waals surface area contributed by atoms with Crippen molar-refractivity contribution < 1.29 is 18.7 Å². The number of carbonyl (C=O) groups excluding carboxylic acids is 2. The normalized spacial score (nSPS) is 18.7. The van der Waals surface area contributed by atoms with Crippen LogP contribution >= 0.6 is 0 Å². The number of rotatable bonds is 13. The van der Waals surface area contributed by atoms with E-state index in [0.29, 0.717) is 36.8 Å². The molecule has 0 aromatic carbocycles. The SMILES string of the molecule is CCCCCCC(C)n1cc[n+](C)c1C(=O)NCC1CCC(CNC(=O)c2n(CC)cc[n+]2C)CC1. The zero-order valence-electron chi connectivity index (χ0n) is 23.1. The molecule has 2 N–H and O–H groups in total. The average molecular weight is 501 g/mol. The van der Waals surface area contributed by atoms with Crippen LogP contribution in [-0.4, -0.2) is 34.0 Å². The molecule has 0 aliphatic heterocycles. The predicted octanol–water partition coefficient (Wildman–Crippen LogP) is 3.46. The van der Waals surface area contributed by atoms with E-state index in [2.05, 4.69) is 29.0 Å². The van der Waals surface area contributed by atoms with E-state index < -0.39 is 0 Å². The zero-order chi connectivity index (χ0) is 26.1. The van der Waals surface area contributed by atoms with Gasteiger partial charge in [-0.15, -0.1) is 0 Å². The van der Waals surface area contributed by atoms with Crippen molar-refractivity contribution in [2.45, 2.75) is 91.1 Å². The lowest BCUT2D eigenvalue weighted by Crippen LogP contribution is -2.43. The van der Waals surface area contributed by atoms with Crippen LogP contribution in [0.5, 0.6) is 0 Å². The first-order chi connectivity index (χ1) is 17.3. The minimum atomic E-state index is -0.00537. The smallest absolute Gasteiger partial charge is 0.345 e. The topological polar surface area (TPSA) is 75.8 Å². The van der Waals surface area contributed by atoms with Gasteiger partial charge in [0.1, 0.15) is 24.8 Å². The Kier molecular flexibility index (Phi) is 10.6. The first-order valence-corrected chi connectivity index (χ1v) is 14.0. The minimum absolute atomic E-state index is 0.00537. The molecule has 0 saturated heterocycles. The molecule has 8 heteroatoms. The Balaban J connectivity index is 1.42. The summed E-state index contributed by atoms with van der Waals surface area (Å²) in [5, 5.41) is 6.36. The zero-order valence-corrected chi connectivity index (χ0v) is 23.1. The number of carbonyl (C=O) groups is 2.